The molecule has 0 radical (unpaired) electrons. The number of nitrogens with zero attached hydrogens (tertiary/aromatic N) is 3. The zero-order valence-corrected chi connectivity index (χ0v) is 9.46. The van der Waals surface area contributed by atoms with Crippen LogP contribution in [0.2, 0.25) is 0 Å². The van der Waals surface area contributed by atoms with Gasteiger partial charge in [0.1, 0.15) is 5.69 Å². The maximum absolute atomic E-state index is 4.15. The molecule has 0 N–H and O–H groups in total. The highest BCUT2D eigenvalue weighted by atomic mass is 15.3. The van der Waals surface area contributed by atoms with Gasteiger partial charge in [-0.1, -0.05) is 42.5 Å². The fourth-order valence-electron chi connectivity index (χ4n) is 1.90. The third-order valence-corrected chi connectivity index (χ3v) is 2.75. The molecule has 3 heteroatoms. The highest BCUT2D eigenvalue weighted by Gasteiger charge is 2.06. The van der Waals surface area contributed by atoms with Crippen LogP contribution in [0.25, 0.3) is 22.2 Å². The van der Waals surface area contributed by atoms with Gasteiger partial charge in [-0.25, -0.2) is 0 Å². The summed E-state index contributed by atoms with van der Waals surface area (Å²) in [4.78, 5) is 0. The number of rotatable bonds is 1. The Bertz CT molecular complexity index is 663. The van der Waals surface area contributed by atoms with Crippen LogP contribution in [0.3, 0.4) is 0 Å². The Morgan fingerprint density at radius 2 is 1.71 bits per heavy atom. The van der Waals surface area contributed by atoms with Gasteiger partial charge in [0.05, 0.1) is 5.52 Å². The second-order valence-electron chi connectivity index (χ2n) is 4.02. The molecular formula is C14H11N3. The number of hydrogen-bond donors (Lipinski definition) is 0. The number of aryl methyl sites for hydroxylation is 1. The predicted molar refractivity (Wildman–Crippen MR) is 67.5 cm³/mol. The summed E-state index contributed by atoms with van der Waals surface area (Å²) in [6.45, 7) is 2.05. The standard InChI is InChI=1S/C14H11N3/c1-10-7-8-12-13(9-10)15-17-16-14(12)11-5-3-2-4-6-11/h2-9H,1H3. The smallest absolute Gasteiger partial charge is 0.104 e. The van der Waals surface area contributed by atoms with Crippen LogP contribution >= 0.6 is 0 Å². The normalized spacial score (nSPS) is 10.6. The molecule has 2 aromatic carbocycles. The van der Waals surface area contributed by atoms with Gasteiger partial charge in [-0.2, -0.15) is 0 Å². The Hall–Kier alpha value is -2.29. The van der Waals surface area contributed by atoms with Gasteiger partial charge in [-0.15, -0.1) is 10.2 Å². The largest absolute Gasteiger partial charge is 0.130 e. The Kier molecular flexibility index (Phi) is 2.29. The summed E-state index contributed by atoms with van der Waals surface area (Å²) in [6.07, 6.45) is 0. The molecule has 0 amide bonds. The highest BCUT2D eigenvalue weighted by molar-refractivity contribution is 5.91. The first-order valence-electron chi connectivity index (χ1n) is 5.50. The summed E-state index contributed by atoms with van der Waals surface area (Å²) < 4.78 is 0. The Labute approximate surface area is 99.1 Å². The molecule has 3 nitrogen and oxygen atoms in total. The molecule has 17 heavy (non-hydrogen) atoms. The van der Waals surface area contributed by atoms with E-state index in [-0.39, 0.29) is 0 Å². The van der Waals surface area contributed by atoms with E-state index in [9.17, 15) is 0 Å². The maximum atomic E-state index is 4.15. The molecule has 0 aliphatic rings. The molecule has 0 aliphatic heterocycles. The van der Waals surface area contributed by atoms with Crippen LogP contribution in [0.4, 0.5) is 0 Å². The molecule has 1 aromatic heterocycles. The van der Waals surface area contributed by atoms with E-state index in [1.807, 2.05) is 43.3 Å². The van der Waals surface area contributed by atoms with Crippen molar-refractivity contribution in [2.45, 2.75) is 6.92 Å². The van der Waals surface area contributed by atoms with Crippen molar-refractivity contribution in [3.8, 4) is 11.3 Å². The summed E-state index contributed by atoms with van der Waals surface area (Å²) in [5.41, 5.74) is 4.02. The molecule has 0 aliphatic carbocycles. The van der Waals surface area contributed by atoms with Crippen molar-refractivity contribution >= 4 is 10.9 Å². The highest BCUT2D eigenvalue weighted by Crippen LogP contribution is 2.24. The van der Waals surface area contributed by atoms with Gasteiger partial charge in [-0.05, 0) is 23.8 Å². The predicted octanol–water partition coefficient (Wildman–Crippen LogP) is 3.00. The molecule has 0 spiro atoms. The zero-order chi connectivity index (χ0) is 11.7. The summed E-state index contributed by atoms with van der Waals surface area (Å²) in [5, 5.41) is 13.1. The van der Waals surface area contributed by atoms with Crippen LogP contribution in [-0.2, 0) is 0 Å². The average molecular weight is 221 g/mol. The lowest BCUT2D eigenvalue weighted by molar-refractivity contribution is 0.900. The molecule has 1 heterocycles. The Morgan fingerprint density at radius 3 is 2.53 bits per heavy atom. The van der Waals surface area contributed by atoms with Crippen LogP contribution in [0.5, 0.6) is 0 Å². The quantitative estimate of drug-likeness (QED) is 0.634. The fourth-order valence-corrected chi connectivity index (χ4v) is 1.90. The topological polar surface area (TPSA) is 38.7 Å². The van der Waals surface area contributed by atoms with Gasteiger partial charge in [-0.3, -0.25) is 0 Å². The summed E-state index contributed by atoms with van der Waals surface area (Å²) in [7, 11) is 0. The van der Waals surface area contributed by atoms with Gasteiger partial charge < -0.3 is 0 Å². The van der Waals surface area contributed by atoms with E-state index in [0.29, 0.717) is 0 Å². The third-order valence-electron chi connectivity index (χ3n) is 2.75. The summed E-state index contributed by atoms with van der Waals surface area (Å²) in [5.74, 6) is 0. The SMILES string of the molecule is Cc1ccc2c(-c3ccccc3)nnnc2c1. The third kappa shape index (κ3) is 1.76. The van der Waals surface area contributed by atoms with Crippen molar-refractivity contribution in [3.63, 3.8) is 0 Å². The Balaban J connectivity index is 2.31. The van der Waals surface area contributed by atoms with Crippen molar-refractivity contribution < 1.29 is 0 Å². The van der Waals surface area contributed by atoms with Gasteiger partial charge >= 0.3 is 0 Å². The minimum absolute atomic E-state index is 0.885. The van der Waals surface area contributed by atoms with Crippen LogP contribution < -0.4 is 0 Å². The molecule has 0 bridgehead atoms. The molecule has 0 atom stereocenters. The lowest BCUT2D eigenvalue weighted by Gasteiger charge is -2.04. The van der Waals surface area contributed by atoms with E-state index < -0.39 is 0 Å². The first-order chi connectivity index (χ1) is 8.34. The van der Waals surface area contributed by atoms with Crippen molar-refractivity contribution in [2.75, 3.05) is 0 Å². The molecule has 3 rings (SSSR count). The number of hydrogen-bond acceptors (Lipinski definition) is 3. The van der Waals surface area contributed by atoms with E-state index in [0.717, 1.165) is 22.2 Å². The van der Waals surface area contributed by atoms with E-state index in [4.69, 9.17) is 0 Å². The van der Waals surface area contributed by atoms with E-state index in [2.05, 4.69) is 27.5 Å². The molecule has 0 fully saturated rings. The number of aromatic nitrogens is 3. The second kappa shape index (κ2) is 3.94. The van der Waals surface area contributed by atoms with E-state index >= 15 is 0 Å². The molecule has 0 saturated carbocycles. The summed E-state index contributed by atoms with van der Waals surface area (Å²) >= 11 is 0. The first kappa shape index (κ1) is 9.90. The lowest BCUT2D eigenvalue weighted by Crippen LogP contribution is -1.93. The van der Waals surface area contributed by atoms with Crippen LogP contribution in [-0.4, -0.2) is 15.4 Å². The molecule has 0 saturated heterocycles. The number of fused-ring (bicyclic) bond motifs is 1. The van der Waals surface area contributed by atoms with Gasteiger partial charge in [0.2, 0.25) is 0 Å². The maximum Gasteiger partial charge on any atom is 0.104 e. The molecular weight excluding hydrogens is 210 g/mol. The minimum atomic E-state index is 0.885. The van der Waals surface area contributed by atoms with E-state index in [1.165, 1.54) is 5.56 Å². The van der Waals surface area contributed by atoms with Crippen LogP contribution in [0.1, 0.15) is 5.56 Å². The van der Waals surface area contributed by atoms with Gasteiger partial charge in [0.15, 0.2) is 0 Å². The van der Waals surface area contributed by atoms with Crippen molar-refractivity contribution in [1.82, 2.24) is 15.4 Å². The molecule has 82 valence electrons. The second-order valence-corrected chi connectivity index (χ2v) is 4.02. The number of benzene rings is 2. The zero-order valence-electron chi connectivity index (χ0n) is 9.46. The monoisotopic (exact) mass is 221 g/mol. The average Bonchev–Trinajstić information content (AvgIpc) is 2.39. The lowest BCUT2D eigenvalue weighted by atomic mass is 10.1. The first-order valence-corrected chi connectivity index (χ1v) is 5.50. The van der Waals surface area contributed by atoms with Crippen molar-refractivity contribution in [3.05, 3.63) is 54.1 Å². The Morgan fingerprint density at radius 1 is 0.882 bits per heavy atom. The van der Waals surface area contributed by atoms with Crippen molar-refractivity contribution in [2.24, 2.45) is 0 Å². The van der Waals surface area contributed by atoms with Crippen molar-refractivity contribution in [1.29, 1.82) is 0 Å². The minimum Gasteiger partial charge on any atom is -0.130 e. The molecule has 0 unspecified atom stereocenters. The van der Waals surface area contributed by atoms with Crippen LogP contribution in [0.15, 0.2) is 48.5 Å². The molecule has 3 aromatic rings. The fraction of sp³-hybridized carbons (Fsp3) is 0.0714. The summed E-state index contributed by atoms with van der Waals surface area (Å²) in [6, 6.07) is 16.2. The van der Waals surface area contributed by atoms with E-state index in [1.54, 1.807) is 0 Å². The van der Waals surface area contributed by atoms with Gasteiger partial charge in [0.25, 0.3) is 0 Å². The van der Waals surface area contributed by atoms with Crippen LogP contribution in [0, 0.1) is 6.92 Å². The van der Waals surface area contributed by atoms with Gasteiger partial charge in [0, 0.05) is 10.9 Å².